The molecule has 5 heteroatoms. The lowest BCUT2D eigenvalue weighted by atomic mass is 10.3. The summed E-state index contributed by atoms with van der Waals surface area (Å²) in [6.45, 7) is 3.98. The largest absolute Gasteiger partial charge is 0.429 e. The number of aryl methyl sites for hydroxylation is 2. The number of benzene rings is 1. The van der Waals surface area contributed by atoms with E-state index >= 15 is 0 Å². The van der Waals surface area contributed by atoms with Crippen molar-refractivity contribution in [1.82, 2.24) is 4.98 Å². The highest BCUT2D eigenvalue weighted by Crippen LogP contribution is 2.32. The van der Waals surface area contributed by atoms with Gasteiger partial charge in [-0.1, -0.05) is 27.3 Å². The SMILES string of the molecule is Cc1nc(Oc2ccc(Br)cc2N)sc1C. The second kappa shape index (κ2) is 4.43. The van der Waals surface area contributed by atoms with Gasteiger partial charge in [0, 0.05) is 9.35 Å². The molecule has 0 aliphatic carbocycles. The first-order valence-electron chi connectivity index (χ1n) is 4.73. The van der Waals surface area contributed by atoms with Crippen molar-refractivity contribution in [3.8, 4) is 10.9 Å². The Balaban J connectivity index is 2.27. The standard InChI is InChI=1S/C11H11BrN2OS/c1-6-7(2)16-11(14-6)15-10-4-3-8(12)5-9(10)13/h3-5H,13H2,1-2H3. The van der Waals surface area contributed by atoms with E-state index < -0.39 is 0 Å². The fourth-order valence-corrected chi connectivity index (χ4v) is 2.34. The van der Waals surface area contributed by atoms with E-state index in [1.165, 1.54) is 11.3 Å². The Morgan fingerprint density at radius 1 is 1.38 bits per heavy atom. The molecule has 0 aliphatic rings. The van der Waals surface area contributed by atoms with Crippen LogP contribution in [0.4, 0.5) is 5.69 Å². The number of halogens is 1. The van der Waals surface area contributed by atoms with Gasteiger partial charge in [0.15, 0.2) is 5.75 Å². The van der Waals surface area contributed by atoms with Gasteiger partial charge < -0.3 is 10.5 Å². The molecule has 16 heavy (non-hydrogen) atoms. The highest BCUT2D eigenvalue weighted by molar-refractivity contribution is 9.10. The highest BCUT2D eigenvalue weighted by Gasteiger charge is 2.08. The average Bonchev–Trinajstić information content (AvgIpc) is 2.51. The number of nitrogen functional groups attached to an aromatic ring is 1. The van der Waals surface area contributed by atoms with E-state index in [0.717, 1.165) is 15.0 Å². The minimum atomic E-state index is 0.597. The Kier molecular flexibility index (Phi) is 3.16. The fourth-order valence-electron chi connectivity index (χ4n) is 1.19. The minimum absolute atomic E-state index is 0.597. The van der Waals surface area contributed by atoms with E-state index in [1.807, 2.05) is 32.0 Å². The van der Waals surface area contributed by atoms with Crippen molar-refractivity contribution in [2.45, 2.75) is 13.8 Å². The summed E-state index contributed by atoms with van der Waals surface area (Å²) in [7, 11) is 0. The molecule has 84 valence electrons. The van der Waals surface area contributed by atoms with Crippen molar-refractivity contribution in [2.75, 3.05) is 5.73 Å². The molecule has 0 fully saturated rings. The number of thiazole rings is 1. The van der Waals surface area contributed by atoms with Gasteiger partial charge in [-0.2, -0.15) is 0 Å². The van der Waals surface area contributed by atoms with Crippen molar-refractivity contribution in [1.29, 1.82) is 0 Å². The van der Waals surface area contributed by atoms with E-state index in [9.17, 15) is 0 Å². The Morgan fingerprint density at radius 3 is 2.69 bits per heavy atom. The van der Waals surface area contributed by atoms with Gasteiger partial charge in [0.2, 0.25) is 0 Å². The summed E-state index contributed by atoms with van der Waals surface area (Å²) in [6.07, 6.45) is 0. The third kappa shape index (κ3) is 2.36. The third-order valence-electron chi connectivity index (χ3n) is 2.18. The number of anilines is 1. The number of ether oxygens (including phenoxy) is 1. The van der Waals surface area contributed by atoms with Crippen molar-refractivity contribution >= 4 is 33.0 Å². The lowest BCUT2D eigenvalue weighted by molar-refractivity contribution is 0.480. The molecule has 0 bridgehead atoms. The Bertz CT molecular complexity index is 505. The molecule has 0 radical (unpaired) electrons. The molecule has 1 aromatic heterocycles. The van der Waals surface area contributed by atoms with Crippen molar-refractivity contribution in [2.24, 2.45) is 0 Å². The van der Waals surface area contributed by atoms with Crippen LogP contribution in [-0.4, -0.2) is 4.98 Å². The fraction of sp³-hybridized carbons (Fsp3) is 0.182. The molecule has 0 saturated carbocycles. The van der Waals surface area contributed by atoms with Gasteiger partial charge in [-0.25, -0.2) is 4.98 Å². The van der Waals surface area contributed by atoms with Crippen molar-refractivity contribution < 1.29 is 4.74 Å². The molecule has 3 nitrogen and oxygen atoms in total. The maximum absolute atomic E-state index is 5.84. The van der Waals surface area contributed by atoms with Gasteiger partial charge in [-0.3, -0.25) is 0 Å². The predicted molar refractivity (Wildman–Crippen MR) is 70.2 cm³/mol. The molecular formula is C11H11BrN2OS. The second-order valence-electron chi connectivity index (χ2n) is 3.41. The van der Waals surface area contributed by atoms with Gasteiger partial charge in [-0.05, 0) is 32.0 Å². The van der Waals surface area contributed by atoms with Crippen molar-refractivity contribution in [3.05, 3.63) is 33.2 Å². The lowest BCUT2D eigenvalue weighted by Crippen LogP contribution is -1.91. The van der Waals surface area contributed by atoms with E-state index in [0.29, 0.717) is 16.6 Å². The summed E-state index contributed by atoms with van der Waals surface area (Å²) in [4.78, 5) is 5.46. The summed E-state index contributed by atoms with van der Waals surface area (Å²) < 4.78 is 6.56. The summed E-state index contributed by atoms with van der Waals surface area (Å²) in [5.41, 5.74) is 7.43. The van der Waals surface area contributed by atoms with Crippen LogP contribution in [0.15, 0.2) is 22.7 Å². The maximum Gasteiger partial charge on any atom is 0.279 e. The quantitative estimate of drug-likeness (QED) is 0.856. The van der Waals surface area contributed by atoms with Gasteiger partial charge in [0.1, 0.15) is 0 Å². The zero-order chi connectivity index (χ0) is 11.7. The van der Waals surface area contributed by atoms with Gasteiger partial charge in [-0.15, -0.1) is 0 Å². The number of nitrogens with two attached hydrogens (primary N) is 1. The first-order valence-corrected chi connectivity index (χ1v) is 6.34. The average molecular weight is 299 g/mol. The number of hydrogen-bond acceptors (Lipinski definition) is 4. The highest BCUT2D eigenvalue weighted by atomic mass is 79.9. The number of nitrogens with zero attached hydrogens (tertiary/aromatic N) is 1. The van der Waals surface area contributed by atoms with E-state index in [2.05, 4.69) is 20.9 Å². The predicted octanol–water partition coefficient (Wildman–Crippen LogP) is 3.90. The van der Waals surface area contributed by atoms with Crippen LogP contribution in [0.5, 0.6) is 10.9 Å². The van der Waals surface area contributed by atoms with Crippen LogP contribution in [-0.2, 0) is 0 Å². The van der Waals surface area contributed by atoms with Crippen LogP contribution in [0, 0.1) is 13.8 Å². The molecule has 1 aromatic carbocycles. The summed E-state index contributed by atoms with van der Waals surface area (Å²) in [6, 6.07) is 5.52. The number of hydrogen-bond donors (Lipinski definition) is 1. The summed E-state index contributed by atoms with van der Waals surface area (Å²) in [5.74, 6) is 0.636. The zero-order valence-corrected chi connectivity index (χ0v) is 11.4. The number of rotatable bonds is 2. The molecular weight excluding hydrogens is 288 g/mol. The molecule has 2 N–H and O–H groups in total. The Hall–Kier alpha value is -1.07. The molecule has 2 aromatic rings. The molecule has 0 unspecified atom stereocenters. The molecule has 0 saturated heterocycles. The number of aromatic nitrogens is 1. The lowest BCUT2D eigenvalue weighted by Gasteiger charge is -2.05. The topological polar surface area (TPSA) is 48.1 Å². The van der Waals surface area contributed by atoms with E-state index in [4.69, 9.17) is 10.5 Å². The van der Waals surface area contributed by atoms with Crippen LogP contribution < -0.4 is 10.5 Å². The smallest absolute Gasteiger partial charge is 0.279 e. The Labute approximate surface area is 106 Å². The van der Waals surface area contributed by atoms with E-state index in [1.54, 1.807) is 0 Å². The maximum atomic E-state index is 5.84. The van der Waals surface area contributed by atoms with Crippen LogP contribution in [0.25, 0.3) is 0 Å². The Morgan fingerprint density at radius 2 is 2.12 bits per heavy atom. The molecule has 1 heterocycles. The zero-order valence-electron chi connectivity index (χ0n) is 8.95. The molecule has 0 atom stereocenters. The van der Waals surface area contributed by atoms with Gasteiger partial charge in [0.25, 0.3) is 5.19 Å². The molecule has 0 aliphatic heterocycles. The van der Waals surface area contributed by atoms with Gasteiger partial charge >= 0.3 is 0 Å². The van der Waals surface area contributed by atoms with Crippen LogP contribution >= 0.6 is 27.3 Å². The second-order valence-corrected chi connectivity index (χ2v) is 5.49. The first-order chi connectivity index (χ1) is 7.56. The van der Waals surface area contributed by atoms with Gasteiger partial charge in [0.05, 0.1) is 11.4 Å². The van der Waals surface area contributed by atoms with Crippen LogP contribution in [0.1, 0.15) is 10.6 Å². The normalized spacial score (nSPS) is 10.4. The van der Waals surface area contributed by atoms with Crippen LogP contribution in [0.3, 0.4) is 0 Å². The molecule has 0 amide bonds. The molecule has 2 rings (SSSR count). The monoisotopic (exact) mass is 298 g/mol. The first kappa shape index (κ1) is 11.4. The van der Waals surface area contributed by atoms with E-state index in [-0.39, 0.29) is 0 Å². The summed E-state index contributed by atoms with van der Waals surface area (Å²) in [5, 5.41) is 0.629. The molecule has 0 spiro atoms. The van der Waals surface area contributed by atoms with Crippen LogP contribution in [0.2, 0.25) is 0 Å². The minimum Gasteiger partial charge on any atom is -0.429 e. The van der Waals surface area contributed by atoms with Crippen molar-refractivity contribution in [3.63, 3.8) is 0 Å². The summed E-state index contributed by atoms with van der Waals surface area (Å²) >= 11 is 4.87. The third-order valence-corrected chi connectivity index (χ3v) is 3.62.